The lowest BCUT2D eigenvalue weighted by Crippen LogP contribution is -2.60. The van der Waals surface area contributed by atoms with Crippen LogP contribution in [0.15, 0.2) is 0 Å². The van der Waals surface area contributed by atoms with Crippen LogP contribution in [0.4, 0.5) is 4.79 Å². The number of carbonyl (C=O) groups is 2. The number of carboxylic acid groups (broad SMARTS) is 1. The molecule has 1 saturated heterocycles. The maximum atomic E-state index is 11.4. The van der Waals surface area contributed by atoms with Crippen molar-refractivity contribution in [2.75, 3.05) is 0 Å². The predicted octanol–water partition coefficient (Wildman–Crippen LogP) is -0.936. The molecule has 0 aliphatic carbocycles. The first kappa shape index (κ1) is 11.8. The van der Waals surface area contributed by atoms with E-state index in [1.165, 1.54) is 27.7 Å². The fraction of sp³-hybridized carbons (Fsp3) is 0.778. The largest absolute Gasteiger partial charge is 0.548 e. The Balaban J connectivity index is 3.10. The number of hydrogen-bond acceptors (Lipinski definition) is 5. The van der Waals surface area contributed by atoms with Gasteiger partial charge in [-0.3, -0.25) is 4.90 Å². The molecule has 1 aliphatic rings. The van der Waals surface area contributed by atoms with Gasteiger partial charge in [-0.15, -0.1) is 0 Å². The van der Waals surface area contributed by atoms with E-state index < -0.39 is 29.4 Å². The Morgan fingerprint density at radius 2 is 2.00 bits per heavy atom. The van der Waals surface area contributed by atoms with E-state index in [4.69, 9.17) is 4.74 Å². The van der Waals surface area contributed by atoms with Crippen molar-refractivity contribution < 1.29 is 24.5 Å². The molecule has 0 aromatic rings. The maximum absolute atomic E-state index is 11.4. The van der Waals surface area contributed by atoms with Crippen LogP contribution >= 0.6 is 0 Å². The molecule has 86 valence electrons. The van der Waals surface area contributed by atoms with Crippen LogP contribution in [0.3, 0.4) is 0 Å². The van der Waals surface area contributed by atoms with Gasteiger partial charge in [0.2, 0.25) is 0 Å². The Labute approximate surface area is 87.4 Å². The minimum Gasteiger partial charge on any atom is -0.548 e. The molecular weight excluding hydrogens is 202 g/mol. The molecule has 0 radical (unpaired) electrons. The minimum atomic E-state index is -1.68. The van der Waals surface area contributed by atoms with Crippen LogP contribution in [-0.4, -0.2) is 39.4 Å². The summed E-state index contributed by atoms with van der Waals surface area (Å²) in [5.41, 5.74) is -2.84. The first-order valence-electron chi connectivity index (χ1n) is 4.57. The van der Waals surface area contributed by atoms with E-state index in [1.807, 2.05) is 0 Å². The quantitative estimate of drug-likeness (QED) is 0.643. The molecule has 1 N–H and O–H groups in total. The van der Waals surface area contributed by atoms with Gasteiger partial charge in [0.15, 0.2) is 11.3 Å². The molecule has 6 heteroatoms. The highest BCUT2D eigenvalue weighted by atomic mass is 16.6. The number of hydrogen-bond donors (Lipinski definition) is 1. The number of aliphatic hydroxyl groups is 1. The molecule has 0 spiro atoms. The standard InChI is InChI=1S/C9H15NO5/c1-5(6(11)12)10-7(13)15-8(2,3)9(10,4)14/h5,14H,1-4H3,(H,11,12)/p-1/t5-,9+/m0/s1. The Kier molecular flexibility index (Phi) is 2.43. The van der Waals surface area contributed by atoms with E-state index >= 15 is 0 Å². The average molecular weight is 216 g/mol. The summed E-state index contributed by atoms with van der Waals surface area (Å²) in [5, 5.41) is 20.7. The van der Waals surface area contributed by atoms with Crippen LogP contribution in [0, 0.1) is 0 Å². The number of carbonyl (C=O) groups excluding carboxylic acids is 2. The zero-order valence-corrected chi connectivity index (χ0v) is 9.10. The molecule has 0 bridgehead atoms. The monoisotopic (exact) mass is 216 g/mol. The van der Waals surface area contributed by atoms with Crippen molar-refractivity contribution in [3.8, 4) is 0 Å². The summed E-state index contributed by atoms with van der Waals surface area (Å²) >= 11 is 0. The van der Waals surface area contributed by atoms with Crippen molar-refractivity contribution in [1.29, 1.82) is 0 Å². The normalized spacial score (nSPS) is 31.3. The van der Waals surface area contributed by atoms with Crippen LogP contribution in [-0.2, 0) is 9.53 Å². The van der Waals surface area contributed by atoms with Gasteiger partial charge in [-0.1, -0.05) is 0 Å². The molecule has 15 heavy (non-hydrogen) atoms. The number of rotatable bonds is 2. The Bertz CT molecular complexity index is 310. The van der Waals surface area contributed by atoms with Gasteiger partial charge in [-0.05, 0) is 27.7 Å². The molecule has 1 heterocycles. The maximum Gasteiger partial charge on any atom is 0.413 e. The predicted molar refractivity (Wildman–Crippen MR) is 47.5 cm³/mol. The lowest BCUT2D eigenvalue weighted by atomic mass is 9.95. The Morgan fingerprint density at radius 3 is 2.27 bits per heavy atom. The third kappa shape index (κ3) is 1.54. The van der Waals surface area contributed by atoms with Gasteiger partial charge < -0.3 is 19.7 Å². The molecule has 0 unspecified atom stereocenters. The molecule has 0 aromatic carbocycles. The molecule has 0 saturated carbocycles. The fourth-order valence-corrected chi connectivity index (χ4v) is 1.47. The van der Waals surface area contributed by atoms with E-state index in [0.29, 0.717) is 0 Å². The smallest absolute Gasteiger partial charge is 0.413 e. The van der Waals surface area contributed by atoms with Crippen LogP contribution < -0.4 is 5.11 Å². The van der Waals surface area contributed by atoms with Crippen molar-refractivity contribution in [3.63, 3.8) is 0 Å². The van der Waals surface area contributed by atoms with Crippen molar-refractivity contribution in [2.45, 2.75) is 45.1 Å². The van der Waals surface area contributed by atoms with Gasteiger partial charge in [0.25, 0.3) is 0 Å². The second-order valence-corrected chi connectivity index (χ2v) is 4.26. The van der Waals surface area contributed by atoms with Crippen molar-refractivity contribution in [2.24, 2.45) is 0 Å². The summed E-state index contributed by atoms with van der Waals surface area (Å²) < 4.78 is 4.89. The minimum absolute atomic E-state index is 0.766. The zero-order chi connectivity index (χ0) is 12.0. The van der Waals surface area contributed by atoms with Crippen LogP contribution in [0.25, 0.3) is 0 Å². The van der Waals surface area contributed by atoms with Crippen LogP contribution in [0.2, 0.25) is 0 Å². The summed E-state index contributed by atoms with van der Waals surface area (Å²) in [6.07, 6.45) is -0.860. The molecule has 1 amide bonds. The highest BCUT2D eigenvalue weighted by Crippen LogP contribution is 2.38. The number of ether oxygens (including phenoxy) is 1. The van der Waals surface area contributed by atoms with Crippen LogP contribution in [0.5, 0.6) is 0 Å². The second kappa shape index (κ2) is 3.10. The lowest BCUT2D eigenvalue weighted by Gasteiger charge is -2.38. The van der Waals surface area contributed by atoms with Crippen LogP contribution in [0.1, 0.15) is 27.7 Å². The van der Waals surface area contributed by atoms with Gasteiger partial charge in [0, 0.05) is 0 Å². The van der Waals surface area contributed by atoms with Gasteiger partial charge in [-0.2, -0.15) is 0 Å². The summed E-state index contributed by atoms with van der Waals surface area (Å²) in [6, 6.07) is -1.24. The highest BCUT2D eigenvalue weighted by molar-refractivity contribution is 5.80. The third-order valence-corrected chi connectivity index (χ3v) is 2.88. The molecule has 1 aliphatic heterocycles. The first-order chi connectivity index (χ1) is 6.61. The fourth-order valence-electron chi connectivity index (χ4n) is 1.47. The van der Waals surface area contributed by atoms with Gasteiger partial charge in [0.1, 0.15) is 0 Å². The number of aliphatic carboxylic acids is 1. The number of nitrogens with zero attached hydrogens (tertiary/aromatic N) is 1. The van der Waals surface area contributed by atoms with E-state index in [0.717, 1.165) is 4.90 Å². The number of carboxylic acids is 1. The number of amides is 1. The van der Waals surface area contributed by atoms with Gasteiger partial charge >= 0.3 is 6.09 Å². The topological polar surface area (TPSA) is 89.9 Å². The summed E-state index contributed by atoms with van der Waals surface area (Å²) in [5.74, 6) is -1.44. The van der Waals surface area contributed by atoms with Crippen molar-refractivity contribution in [3.05, 3.63) is 0 Å². The Hall–Kier alpha value is -1.30. The van der Waals surface area contributed by atoms with Gasteiger partial charge in [0.05, 0.1) is 12.0 Å². The van der Waals surface area contributed by atoms with E-state index in [1.54, 1.807) is 0 Å². The van der Waals surface area contributed by atoms with Gasteiger partial charge in [-0.25, -0.2) is 4.79 Å². The Morgan fingerprint density at radius 1 is 1.53 bits per heavy atom. The summed E-state index contributed by atoms with van der Waals surface area (Å²) in [7, 11) is 0. The molecule has 2 atom stereocenters. The third-order valence-electron chi connectivity index (χ3n) is 2.88. The molecular formula is C9H14NO5-. The molecule has 1 fully saturated rings. The summed E-state index contributed by atoms with van der Waals surface area (Å²) in [6.45, 7) is 5.60. The number of cyclic esters (lactones) is 1. The van der Waals surface area contributed by atoms with E-state index in [9.17, 15) is 19.8 Å². The SMILES string of the molecule is C[C@@H](C(=O)[O-])N1C(=O)OC(C)(C)[C@@]1(C)O. The second-order valence-electron chi connectivity index (χ2n) is 4.26. The highest BCUT2D eigenvalue weighted by Gasteiger charge is 2.58. The summed E-state index contributed by atoms with van der Waals surface area (Å²) in [4.78, 5) is 22.8. The molecule has 1 rings (SSSR count). The average Bonchev–Trinajstić information content (AvgIpc) is 2.16. The first-order valence-corrected chi connectivity index (χ1v) is 4.57. The molecule has 0 aromatic heterocycles. The lowest BCUT2D eigenvalue weighted by molar-refractivity contribution is -0.313. The molecule has 6 nitrogen and oxygen atoms in total. The zero-order valence-electron chi connectivity index (χ0n) is 9.10. The van der Waals surface area contributed by atoms with E-state index in [-0.39, 0.29) is 0 Å². The van der Waals surface area contributed by atoms with Crippen molar-refractivity contribution in [1.82, 2.24) is 4.90 Å². The van der Waals surface area contributed by atoms with E-state index in [2.05, 4.69) is 0 Å². The van der Waals surface area contributed by atoms with Crippen molar-refractivity contribution >= 4 is 12.1 Å².